The highest BCUT2D eigenvalue weighted by atomic mass is 35.5. The van der Waals surface area contributed by atoms with Crippen LogP contribution in [0, 0.1) is 0 Å². The van der Waals surface area contributed by atoms with E-state index in [0.717, 1.165) is 16.8 Å². The van der Waals surface area contributed by atoms with Crippen molar-refractivity contribution in [3.63, 3.8) is 0 Å². The van der Waals surface area contributed by atoms with E-state index in [1.165, 1.54) is 0 Å². The Hall–Kier alpha value is -1.29. The average molecular weight is 253 g/mol. The van der Waals surface area contributed by atoms with Gasteiger partial charge in [-0.2, -0.15) is 0 Å². The van der Waals surface area contributed by atoms with Crippen molar-refractivity contribution in [2.75, 3.05) is 12.8 Å². The second-order valence-electron chi connectivity index (χ2n) is 3.98. The summed E-state index contributed by atoms with van der Waals surface area (Å²) in [5.41, 5.74) is 14.0. The maximum Gasteiger partial charge on any atom is 0.139 e. The smallest absolute Gasteiger partial charge is 0.139 e. The molecule has 0 saturated heterocycles. The molecule has 0 heterocycles. The zero-order valence-electron chi connectivity index (χ0n) is 9.72. The lowest BCUT2D eigenvalue weighted by Gasteiger charge is -2.26. The van der Waals surface area contributed by atoms with Crippen LogP contribution in [0.25, 0.3) is 5.57 Å². The first-order valence-electron chi connectivity index (χ1n) is 5.22. The van der Waals surface area contributed by atoms with Gasteiger partial charge < -0.3 is 10.5 Å². The lowest BCUT2D eigenvalue weighted by molar-refractivity contribution is 0.0399. The molecule has 4 heteroatoms. The zero-order valence-corrected chi connectivity index (χ0v) is 10.5. The fourth-order valence-corrected chi connectivity index (χ4v) is 1.68. The first-order chi connectivity index (χ1) is 7.63. The summed E-state index contributed by atoms with van der Waals surface area (Å²) < 4.78 is 5.21. The van der Waals surface area contributed by atoms with Crippen molar-refractivity contribution in [2.45, 2.75) is 12.1 Å². The zero-order chi connectivity index (χ0) is 11.6. The van der Waals surface area contributed by atoms with Crippen LogP contribution < -0.4 is 11.5 Å². The van der Waals surface area contributed by atoms with Gasteiger partial charge in [-0.3, -0.25) is 5.73 Å². The molecule has 1 atom stereocenters. The minimum Gasteiger partial charge on any atom is -0.399 e. The number of allylic oxidation sites excluding steroid dienone is 2. The van der Waals surface area contributed by atoms with Gasteiger partial charge in [-0.05, 0) is 29.3 Å². The van der Waals surface area contributed by atoms with Crippen LogP contribution in [-0.4, -0.2) is 12.8 Å². The van der Waals surface area contributed by atoms with Gasteiger partial charge in [0.1, 0.15) is 5.72 Å². The molecule has 0 aromatic heterocycles. The van der Waals surface area contributed by atoms with E-state index >= 15 is 0 Å². The molecule has 3 nitrogen and oxygen atoms in total. The van der Waals surface area contributed by atoms with Crippen LogP contribution in [0.3, 0.4) is 0 Å². The molecule has 1 unspecified atom stereocenters. The first-order valence-corrected chi connectivity index (χ1v) is 5.22. The van der Waals surface area contributed by atoms with Crippen molar-refractivity contribution in [2.24, 2.45) is 5.73 Å². The van der Waals surface area contributed by atoms with E-state index in [2.05, 4.69) is 6.08 Å². The van der Waals surface area contributed by atoms with E-state index in [9.17, 15) is 0 Å². The molecule has 4 N–H and O–H groups in total. The summed E-state index contributed by atoms with van der Waals surface area (Å²) in [7, 11) is 1.62. The SMILES string of the molecule is COC1(N)C=CC(c2ccc(N)cc2)=CC1.Cl. The van der Waals surface area contributed by atoms with Gasteiger partial charge in [0.25, 0.3) is 0 Å². The topological polar surface area (TPSA) is 61.3 Å². The van der Waals surface area contributed by atoms with Crippen LogP contribution in [0.15, 0.2) is 42.5 Å². The van der Waals surface area contributed by atoms with Crippen LogP contribution in [0.2, 0.25) is 0 Å². The molecular weight excluding hydrogens is 236 g/mol. The van der Waals surface area contributed by atoms with Crippen molar-refractivity contribution in [3.05, 3.63) is 48.1 Å². The predicted octanol–water partition coefficient (Wildman–Crippen LogP) is 2.34. The highest BCUT2D eigenvalue weighted by Gasteiger charge is 2.22. The number of hydrogen-bond acceptors (Lipinski definition) is 3. The van der Waals surface area contributed by atoms with Gasteiger partial charge >= 0.3 is 0 Å². The molecule has 1 aliphatic carbocycles. The van der Waals surface area contributed by atoms with Crippen molar-refractivity contribution in [3.8, 4) is 0 Å². The summed E-state index contributed by atoms with van der Waals surface area (Å²) in [4.78, 5) is 0. The molecule has 0 fully saturated rings. The summed E-state index contributed by atoms with van der Waals surface area (Å²) >= 11 is 0. The number of halogens is 1. The second-order valence-corrected chi connectivity index (χ2v) is 3.98. The van der Waals surface area contributed by atoms with Crippen molar-refractivity contribution in [1.29, 1.82) is 0 Å². The third-order valence-corrected chi connectivity index (χ3v) is 2.81. The molecule has 1 aliphatic rings. The van der Waals surface area contributed by atoms with Crippen LogP contribution in [0.4, 0.5) is 5.69 Å². The summed E-state index contributed by atoms with van der Waals surface area (Å²) in [6, 6.07) is 7.79. The quantitative estimate of drug-likeness (QED) is 0.627. The van der Waals surface area contributed by atoms with Crippen LogP contribution in [-0.2, 0) is 4.74 Å². The van der Waals surface area contributed by atoms with Gasteiger partial charge in [-0.15, -0.1) is 12.4 Å². The molecule has 0 amide bonds. The van der Waals surface area contributed by atoms with Crippen molar-refractivity contribution >= 4 is 23.7 Å². The third kappa shape index (κ3) is 3.09. The Morgan fingerprint density at radius 1 is 1.24 bits per heavy atom. The number of nitrogens with two attached hydrogens (primary N) is 2. The van der Waals surface area contributed by atoms with Gasteiger partial charge in [0.15, 0.2) is 0 Å². The van der Waals surface area contributed by atoms with E-state index in [0.29, 0.717) is 6.42 Å². The maximum absolute atomic E-state index is 5.95. The Kier molecular flexibility index (Phi) is 4.34. The first kappa shape index (κ1) is 13.8. The van der Waals surface area contributed by atoms with Crippen molar-refractivity contribution in [1.82, 2.24) is 0 Å². The average Bonchev–Trinajstić information content (AvgIpc) is 2.32. The molecule has 2 rings (SSSR count). The number of methoxy groups -OCH3 is 1. The molecule has 0 spiro atoms. The van der Waals surface area contributed by atoms with Crippen LogP contribution in [0.1, 0.15) is 12.0 Å². The van der Waals surface area contributed by atoms with Gasteiger partial charge in [0.05, 0.1) is 0 Å². The highest BCUT2D eigenvalue weighted by molar-refractivity contribution is 5.85. The minimum atomic E-state index is -0.655. The molecule has 1 aromatic carbocycles. The van der Waals surface area contributed by atoms with E-state index in [1.54, 1.807) is 7.11 Å². The standard InChI is InChI=1S/C13H16N2O.ClH/c1-16-13(15)8-6-11(7-9-13)10-2-4-12(14)5-3-10;/h2-8H,9,14-15H2,1H3;1H. The van der Waals surface area contributed by atoms with Gasteiger partial charge in [0, 0.05) is 19.2 Å². The summed E-state index contributed by atoms with van der Waals surface area (Å²) in [6.45, 7) is 0. The molecule has 17 heavy (non-hydrogen) atoms. The molecule has 0 bridgehead atoms. The third-order valence-electron chi connectivity index (χ3n) is 2.81. The fraction of sp³-hybridized carbons (Fsp3) is 0.231. The van der Waals surface area contributed by atoms with Gasteiger partial charge in [-0.25, -0.2) is 0 Å². The van der Waals surface area contributed by atoms with Crippen LogP contribution >= 0.6 is 12.4 Å². The minimum absolute atomic E-state index is 0. The molecule has 92 valence electrons. The highest BCUT2D eigenvalue weighted by Crippen LogP contribution is 2.26. The summed E-state index contributed by atoms with van der Waals surface area (Å²) in [5.74, 6) is 0. The van der Waals surface area contributed by atoms with Crippen molar-refractivity contribution < 1.29 is 4.74 Å². The Bertz CT molecular complexity index is 439. The molecular formula is C13H17ClN2O. The second kappa shape index (κ2) is 5.36. The molecule has 0 aliphatic heterocycles. The number of hydrogen-bond donors (Lipinski definition) is 2. The van der Waals surface area contributed by atoms with Crippen LogP contribution in [0.5, 0.6) is 0 Å². The van der Waals surface area contributed by atoms with E-state index in [4.69, 9.17) is 16.2 Å². The number of nitrogen functional groups attached to an aromatic ring is 1. The van der Waals surface area contributed by atoms with E-state index in [1.807, 2.05) is 36.4 Å². The number of ether oxygens (including phenoxy) is 1. The van der Waals surface area contributed by atoms with E-state index < -0.39 is 5.72 Å². The predicted molar refractivity (Wildman–Crippen MR) is 73.8 cm³/mol. The Labute approximate surface area is 108 Å². The normalized spacial score (nSPS) is 22.8. The number of benzene rings is 1. The fourth-order valence-electron chi connectivity index (χ4n) is 1.68. The lowest BCUT2D eigenvalue weighted by atomic mass is 9.95. The molecule has 1 aromatic rings. The molecule has 0 saturated carbocycles. The Morgan fingerprint density at radius 2 is 1.88 bits per heavy atom. The Morgan fingerprint density at radius 3 is 2.35 bits per heavy atom. The Balaban J connectivity index is 0.00000144. The van der Waals surface area contributed by atoms with E-state index in [-0.39, 0.29) is 12.4 Å². The van der Waals surface area contributed by atoms with Gasteiger partial charge in [-0.1, -0.05) is 24.3 Å². The lowest BCUT2D eigenvalue weighted by Crippen LogP contribution is -2.40. The monoisotopic (exact) mass is 252 g/mol. The van der Waals surface area contributed by atoms with Gasteiger partial charge in [0.2, 0.25) is 0 Å². The summed E-state index contributed by atoms with van der Waals surface area (Å²) in [5, 5.41) is 0. The molecule has 0 radical (unpaired) electrons. The number of rotatable bonds is 2. The number of anilines is 1. The summed E-state index contributed by atoms with van der Waals surface area (Å²) in [6.07, 6.45) is 6.63. The maximum atomic E-state index is 5.95. The largest absolute Gasteiger partial charge is 0.399 e.